The van der Waals surface area contributed by atoms with Crippen molar-refractivity contribution in [1.82, 2.24) is 9.97 Å². The third-order valence-electron chi connectivity index (χ3n) is 2.50. The molecule has 0 amide bonds. The van der Waals surface area contributed by atoms with E-state index >= 15 is 0 Å². The van der Waals surface area contributed by atoms with Gasteiger partial charge in [0.2, 0.25) is 5.28 Å². The van der Waals surface area contributed by atoms with Crippen LogP contribution in [-0.2, 0) is 5.75 Å². The monoisotopic (exact) mass is 331 g/mol. The average Bonchev–Trinajstić information content (AvgIpc) is 2.46. The molecule has 8 heteroatoms. The molecule has 1 heterocycles. The number of halogens is 3. The highest BCUT2D eigenvalue weighted by Gasteiger charge is 2.09. The molecule has 0 atom stereocenters. The number of aliphatic hydroxyl groups excluding tert-OH is 1. The largest absolute Gasteiger partial charge is 0.395 e. The van der Waals surface area contributed by atoms with Gasteiger partial charge in [0.15, 0.2) is 11.6 Å². The van der Waals surface area contributed by atoms with Crippen molar-refractivity contribution in [2.75, 3.05) is 18.5 Å². The summed E-state index contributed by atoms with van der Waals surface area (Å²) in [4.78, 5) is 7.95. The highest BCUT2D eigenvalue weighted by Crippen LogP contribution is 2.25. The van der Waals surface area contributed by atoms with E-state index in [1.54, 1.807) is 6.07 Å². The van der Waals surface area contributed by atoms with Gasteiger partial charge in [0.25, 0.3) is 0 Å². The zero-order valence-corrected chi connectivity index (χ0v) is 12.4. The Labute approximate surface area is 129 Å². The molecule has 112 valence electrons. The van der Waals surface area contributed by atoms with Gasteiger partial charge < -0.3 is 10.4 Å². The molecule has 2 N–H and O–H groups in total. The van der Waals surface area contributed by atoms with Gasteiger partial charge in [0.1, 0.15) is 10.8 Å². The quantitative estimate of drug-likeness (QED) is 0.484. The maximum absolute atomic E-state index is 13.5. The summed E-state index contributed by atoms with van der Waals surface area (Å²) in [7, 11) is 0. The number of thioether (sulfide) groups is 1. The average molecular weight is 332 g/mol. The molecule has 2 rings (SSSR count). The molecule has 21 heavy (non-hydrogen) atoms. The number of aliphatic hydroxyl groups is 1. The lowest BCUT2D eigenvalue weighted by molar-refractivity contribution is 0.311. The molecule has 0 bridgehead atoms. The second-order valence-electron chi connectivity index (χ2n) is 4.01. The standard InChI is InChI=1S/C13H12ClF2N3OS/c14-13-18-10(17-4-5-20)6-11(19-13)21-7-8-2-1-3-9(15)12(8)16/h1-3,6,20H,4-5,7H2,(H,17,18,19). The van der Waals surface area contributed by atoms with Gasteiger partial charge in [-0.3, -0.25) is 0 Å². The number of anilines is 1. The van der Waals surface area contributed by atoms with Gasteiger partial charge in [0, 0.05) is 23.9 Å². The van der Waals surface area contributed by atoms with E-state index in [4.69, 9.17) is 16.7 Å². The zero-order chi connectivity index (χ0) is 15.2. The van der Waals surface area contributed by atoms with Crippen molar-refractivity contribution in [2.24, 2.45) is 0 Å². The topological polar surface area (TPSA) is 58.0 Å². The molecule has 0 saturated heterocycles. The number of benzene rings is 1. The summed E-state index contributed by atoms with van der Waals surface area (Å²) in [6, 6.07) is 5.67. The number of hydrogen-bond donors (Lipinski definition) is 2. The first kappa shape index (κ1) is 15.9. The molecule has 0 unspecified atom stereocenters. The first-order valence-corrected chi connectivity index (χ1v) is 7.41. The molecule has 0 aliphatic rings. The Kier molecular flexibility index (Phi) is 5.72. The van der Waals surface area contributed by atoms with Gasteiger partial charge in [-0.05, 0) is 17.7 Å². The predicted octanol–water partition coefficient (Wildman–Crippen LogP) is 3.10. The van der Waals surface area contributed by atoms with Crippen LogP contribution in [0.5, 0.6) is 0 Å². The van der Waals surface area contributed by atoms with Gasteiger partial charge in [0.05, 0.1) is 6.61 Å². The van der Waals surface area contributed by atoms with E-state index in [2.05, 4.69) is 15.3 Å². The van der Waals surface area contributed by atoms with Crippen molar-refractivity contribution in [2.45, 2.75) is 10.8 Å². The first-order chi connectivity index (χ1) is 10.1. The lowest BCUT2D eigenvalue weighted by Crippen LogP contribution is -2.07. The van der Waals surface area contributed by atoms with E-state index in [0.29, 0.717) is 17.4 Å². The fourth-order valence-corrected chi connectivity index (χ4v) is 2.66. The van der Waals surface area contributed by atoms with Gasteiger partial charge in [-0.1, -0.05) is 12.1 Å². The van der Waals surface area contributed by atoms with Crippen molar-refractivity contribution >= 4 is 29.2 Å². The Bertz CT molecular complexity index is 630. The Morgan fingerprint density at radius 3 is 2.86 bits per heavy atom. The Balaban J connectivity index is 2.09. The molecule has 0 fully saturated rings. The summed E-state index contributed by atoms with van der Waals surface area (Å²) in [5.41, 5.74) is 0.250. The lowest BCUT2D eigenvalue weighted by Gasteiger charge is -2.07. The summed E-state index contributed by atoms with van der Waals surface area (Å²) >= 11 is 7.01. The number of aromatic nitrogens is 2. The van der Waals surface area contributed by atoms with Gasteiger partial charge in [-0.25, -0.2) is 18.7 Å². The van der Waals surface area contributed by atoms with E-state index in [1.807, 2.05) is 0 Å². The van der Waals surface area contributed by atoms with Crippen molar-refractivity contribution < 1.29 is 13.9 Å². The second-order valence-corrected chi connectivity index (χ2v) is 5.35. The Morgan fingerprint density at radius 1 is 1.29 bits per heavy atom. The lowest BCUT2D eigenvalue weighted by atomic mass is 10.2. The van der Waals surface area contributed by atoms with Gasteiger partial charge >= 0.3 is 0 Å². The third-order valence-corrected chi connectivity index (χ3v) is 3.63. The van der Waals surface area contributed by atoms with Crippen LogP contribution in [0.1, 0.15) is 5.56 Å². The van der Waals surface area contributed by atoms with Crippen molar-refractivity contribution in [3.05, 3.63) is 46.7 Å². The second kappa shape index (κ2) is 7.53. The van der Waals surface area contributed by atoms with Crippen molar-refractivity contribution in [1.29, 1.82) is 0 Å². The van der Waals surface area contributed by atoms with Crippen LogP contribution < -0.4 is 5.32 Å². The third kappa shape index (κ3) is 4.52. The van der Waals surface area contributed by atoms with Crippen LogP contribution in [0.4, 0.5) is 14.6 Å². The maximum Gasteiger partial charge on any atom is 0.225 e. The fourth-order valence-electron chi connectivity index (χ4n) is 1.56. The van der Waals surface area contributed by atoms with Crippen molar-refractivity contribution in [3.8, 4) is 0 Å². The van der Waals surface area contributed by atoms with Gasteiger partial charge in [-0.15, -0.1) is 11.8 Å². The van der Waals surface area contributed by atoms with E-state index in [0.717, 1.165) is 6.07 Å². The number of nitrogens with one attached hydrogen (secondary N) is 1. The van der Waals surface area contributed by atoms with E-state index in [1.165, 1.54) is 23.9 Å². The van der Waals surface area contributed by atoms with Crippen LogP contribution in [0.15, 0.2) is 29.3 Å². The molecule has 1 aromatic heterocycles. The fraction of sp³-hybridized carbons (Fsp3) is 0.231. The van der Waals surface area contributed by atoms with Gasteiger partial charge in [-0.2, -0.15) is 0 Å². The van der Waals surface area contributed by atoms with Crippen LogP contribution in [-0.4, -0.2) is 28.2 Å². The highest BCUT2D eigenvalue weighted by molar-refractivity contribution is 7.98. The molecular weight excluding hydrogens is 320 g/mol. The van der Waals surface area contributed by atoms with Crippen LogP contribution in [0.3, 0.4) is 0 Å². The SMILES string of the molecule is OCCNc1cc(SCc2cccc(F)c2F)nc(Cl)n1. The number of nitrogens with zero attached hydrogens (tertiary/aromatic N) is 2. The van der Waals surface area contributed by atoms with E-state index < -0.39 is 11.6 Å². The molecule has 0 aliphatic carbocycles. The molecule has 0 aliphatic heterocycles. The van der Waals surface area contributed by atoms with Crippen LogP contribution >= 0.6 is 23.4 Å². The van der Waals surface area contributed by atoms with E-state index in [9.17, 15) is 8.78 Å². The minimum absolute atomic E-state index is 0.0418. The summed E-state index contributed by atoms with van der Waals surface area (Å²) < 4.78 is 26.7. The molecule has 0 spiro atoms. The Morgan fingerprint density at radius 2 is 2.10 bits per heavy atom. The van der Waals surface area contributed by atoms with Crippen LogP contribution in [0.25, 0.3) is 0 Å². The Hall–Kier alpha value is -1.44. The summed E-state index contributed by atoms with van der Waals surface area (Å²) in [5, 5.41) is 12.2. The highest BCUT2D eigenvalue weighted by atomic mass is 35.5. The summed E-state index contributed by atoms with van der Waals surface area (Å²) in [6.07, 6.45) is 0. The molecule has 0 saturated carbocycles. The molecule has 2 aromatic rings. The molecule has 0 radical (unpaired) electrons. The smallest absolute Gasteiger partial charge is 0.225 e. The minimum Gasteiger partial charge on any atom is -0.395 e. The maximum atomic E-state index is 13.5. The minimum atomic E-state index is -0.876. The molecular formula is C13H12ClF2N3OS. The number of hydrogen-bond acceptors (Lipinski definition) is 5. The normalized spacial score (nSPS) is 10.7. The molecule has 1 aromatic carbocycles. The first-order valence-electron chi connectivity index (χ1n) is 6.05. The molecule has 4 nitrogen and oxygen atoms in total. The summed E-state index contributed by atoms with van der Waals surface area (Å²) in [5.74, 6) is -1.05. The van der Waals surface area contributed by atoms with Crippen LogP contribution in [0.2, 0.25) is 5.28 Å². The number of rotatable bonds is 6. The predicted molar refractivity (Wildman–Crippen MR) is 78.5 cm³/mol. The van der Waals surface area contributed by atoms with E-state index in [-0.39, 0.29) is 23.2 Å². The van der Waals surface area contributed by atoms with Crippen LogP contribution in [0, 0.1) is 11.6 Å². The van der Waals surface area contributed by atoms with Crippen molar-refractivity contribution in [3.63, 3.8) is 0 Å². The summed E-state index contributed by atoms with van der Waals surface area (Å²) in [6.45, 7) is 0.286. The zero-order valence-electron chi connectivity index (χ0n) is 10.8.